The van der Waals surface area contributed by atoms with Crippen molar-refractivity contribution in [3.05, 3.63) is 12.2 Å². The molecular formula is C9H13ClO2. The van der Waals surface area contributed by atoms with Gasteiger partial charge in [0, 0.05) is 6.42 Å². The zero-order chi connectivity index (χ0) is 8.97. The van der Waals surface area contributed by atoms with Crippen LogP contribution in [0.5, 0.6) is 0 Å². The highest BCUT2D eigenvalue weighted by molar-refractivity contribution is 6.21. The van der Waals surface area contributed by atoms with Crippen LogP contribution in [0.15, 0.2) is 12.2 Å². The second-order valence-corrected chi connectivity index (χ2v) is 3.42. The smallest absolute Gasteiger partial charge is 0.306 e. The van der Waals surface area contributed by atoms with Crippen LogP contribution in [-0.4, -0.2) is 17.5 Å². The molecule has 0 aromatic rings. The van der Waals surface area contributed by atoms with E-state index in [1.807, 2.05) is 12.2 Å². The van der Waals surface area contributed by atoms with Crippen molar-refractivity contribution in [3.8, 4) is 0 Å². The summed E-state index contributed by atoms with van der Waals surface area (Å²) in [7, 11) is 0. The van der Waals surface area contributed by atoms with Crippen molar-refractivity contribution in [1.82, 2.24) is 0 Å². The Morgan fingerprint density at radius 2 is 2.33 bits per heavy atom. The Kier molecular flexibility index (Phi) is 3.60. The van der Waals surface area contributed by atoms with E-state index in [1.165, 1.54) is 0 Å². The van der Waals surface area contributed by atoms with Crippen molar-refractivity contribution in [2.24, 2.45) is 0 Å². The highest BCUT2D eigenvalue weighted by atomic mass is 35.5. The maximum absolute atomic E-state index is 10.9. The van der Waals surface area contributed by atoms with Gasteiger partial charge in [-0.3, -0.25) is 4.79 Å². The molecular weight excluding hydrogens is 176 g/mol. The first kappa shape index (κ1) is 9.59. The highest BCUT2D eigenvalue weighted by Gasteiger charge is 2.16. The topological polar surface area (TPSA) is 26.3 Å². The minimum absolute atomic E-state index is 0.0487. The van der Waals surface area contributed by atoms with E-state index in [1.54, 1.807) is 6.92 Å². The third-order valence-electron chi connectivity index (χ3n) is 1.83. The third kappa shape index (κ3) is 2.86. The van der Waals surface area contributed by atoms with Gasteiger partial charge in [0.05, 0.1) is 5.38 Å². The molecule has 0 fully saturated rings. The largest absolute Gasteiger partial charge is 0.458 e. The molecule has 3 heteroatoms. The summed E-state index contributed by atoms with van der Waals surface area (Å²) in [4.78, 5) is 10.9. The van der Waals surface area contributed by atoms with Gasteiger partial charge in [-0.25, -0.2) is 0 Å². The van der Waals surface area contributed by atoms with Crippen molar-refractivity contribution in [1.29, 1.82) is 0 Å². The maximum Gasteiger partial charge on any atom is 0.306 e. The molecule has 0 aliphatic heterocycles. The standard InChI is InChI=1S/C9H13ClO2/c1-2-9(11)12-8-5-3-7(10)4-6-8/h3,5,7-8H,2,4,6H2,1H3. The molecule has 0 saturated heterocycles. The minimum atomic E-state index is -0.141. The van der Waals surface area contributed by atoms with E-state index in [-0.39, 0.29) is 17.5 Å². The highest BCUT2D eigenvalue weighted by Crippen LogP contribution is 2.18. The third-order valence-corrected chi connectivity index (χ3v) is 2.20. The molecule has 0 heterocycles. The Bertz CT molecular complexity index is 189. The van der Waals surface area contributed by atoms with Crippen LogP contribution >= 0.6 is 11.6 Å². The number of hydrogen-bond acceptors (Lipinski definition) is 2. The molecule has 2 unspecified atom stereocenters. The fraction of sp³-hybridized carbons (Fsp3) is 0.667. The number of carbonyl (C=O) groups excluding carboxylic acids is 1. The fourth-order valence-electron chi connectivity index (χ4n) is 1.11. The number of hydrogen-bond donors (Lipinski definition) is 0. The lowest BCUT2D eigenvalue weighted by Crippen LogP contribution is -2.19. The van der Waals surface area contributed by atoms with Gasteiger partial charge in [0.1, 0.15) is 6.10 Å². The lowest BCUT2D eigenvalue weighted by molar-refractivity contribution is -0.146. The Morgan fingerprint density at radius 3 is 2.83 bits per heavy atom. The van der Waals surface area contributed by atoms with Crippen LogP contribution in [0, 0.1) is 0 Å². The first-order valence-corrected chi connectivity index (χ1v) is 4.68. The first-order chi connectivity index (χ1) is 5.72. The average Bonchev–Trinajstić information content (AvgIpc) is 2.09. The van der Waals surface area contributed by atoms with E-state index in [9.17, 15) is 4.79 Å². The molecule has 2 atom stereocenters. The first-order valence-electron chi connectivity index (χ1n) is 4.24. The molecule has 0 aromatic carbocycles. The Labute approximate surface area is 77.5 Å². The average molecular weight is 189 g/mol. The Morgan fingerprint density at radius 1 is 1.58 bits per heavy atom. The fourth-order valence-corrected chi connectivity index (χ4v) is 1.32. The van der Waals surface area contributed by atoms with E-state index in [0.29, 0.717) is 6.42 Å². The van der Waals surface area contributed by atoms with E-state index in [4.69, 9.17) is 16.3 Å². The monoisotopic (exact) mass is 188 g/mol. The molecule has 0 radical (unpaired) electrons. The number of ether oxygens (including phenoxy) is 1. The van der Waals surface area contributed by atoms with Gasteiger partial charge in [-0.2, -0.15) is 0 Å². The maximum atomic E-state index is 10.9. The molecule has 2 nitrogen and oxygen atoms in total. The molecule has 68 valence electrons. The van der Waals surface area contributed by atoms with E-state index in [0.717, 1.165) is 12.8 Å². The molecule has 1 rings (SSSR count). The Hall–Kier alpha value is -0.500. The molecule has 0 amide bonds. The normalized spacial score (nSPS) is 28.5. The molecule has 0 spiro atoms. The van der Waals surface area contributed by atoms with Crippen LogP contribution in [0.3, 0.4) is 0 Å². The molecule has 1 aliphatic carbocycles. The lowest BCUT2D eigenvalue weighted by Gasteiger charge is -2.19. The van der Waals surface area contributed by atoms with E-state index < -0.39 is 0 Å². The van der Waals surface area contributed by atoms with E-state index >= 15 is 0 Å². The number of carbonyl (C=O) groups is 1. The second-order valence-electron chi connectivity index (χ2n) is 2.86. The summed E-state index contributed by atoms with van der Waals surface area (Å²) in [6, 6.07) is 0. The zero-order valence-corrected chi connectivity index (χ0v) is 7.88. The molecule has 0 bridgehead atoms. The van der Waals surface area contributed by atoms with Gasteiger partial charge in [0.25, 0.3) is 0 Å². The number of allylic oxidation sites excluding steroid dienone is 1. The second kappa shape index (κ2) is 4.51. The molecule has 12 heavy (non-hydrogen) atoms. The van der Waals surface area contributed by atoms with Crippen molar-refractivity contribution >= 4 is 17.6 Å². The van der Waals surface area contributed by atoms with Gasteiger partial charge in [-0.05, 0) is 18.9 Å². The van der Waals surface area contributed by atoms with Crippen molar-refractivity contribution in [2.45, 2.75) is 37.7 Å². The predicted molar refractivity (Wildman–Crippen MR) is 48.2 cm³/mol. The molecule has 1 aliphatic rings. The van der Waals surface area contributed by atoms with Crippen molar-refractivity contribution in [3.63, 3.8) is 0 Å². The summed E-state index contributed by atoms with van der Waals surface area (Å²) in [5, 5.41) is 0.113. The van der Waals surface area contributed by atoms with Gasteiger partial charge in [0.15, 0.2) is 0 Å². The summed E-state index contributed by atoms with van der Waals surface area (Å²) in [6.45, 7) is 1.79. The van der Waals surface area contributed by atoms with Gasteiger partial charge >= 0.3 is 5.97 Å². The van der Waals surface area contributed by atoms with Crippen LogP contribution in [-0.2, 0) is 9.53 Å². The van der Waals surface area contributed by atoms with Crippen molar-refractivity contribution in [2.75, 3.05) is 0 Å². The predicted octanol–water partition coefficient (Wildman–Crippen LogP) is 2.27. The number of esters is 1. The summed E-state index contributed by atoms with van der Waals surface area (Å²) in [5.74, 6) is -0.141. The van der Waals surface area contributed by atoms with Gasteiger partial charge < -0.3 is 4.74 Å². The minimum Gasteiger partial charge on any atom is -0.458 e. The Balaban J connectivity index is 2.35. The van der Waals surface area contributed by atoms with Crippen LogP contribution in [0.2, 0.25) is 0 Å². The van der Waals surface area contributed by atoms with Crippen LogP contribution in [0.25, 0.3) is 0 Å². The van der Waals surface area contributed by atoms with Gasteiger partial charge in [-0.15, -0.1) is 11.6 Å². The summed E-state index contributed by atoms with van der Waals surface area (Å²) in [5.41, 5.74) is 0. The van der Waals surface area contributed by atoms with Gasteiger partial charge in [0.2, 0.25) is 0 Å². The van der Waals surface area contributed by atoms with Crippen LogP contribution < -0.4 is 0 Å². The SMILES string of the molecule is CCC(=O)OC1C=CC(Cl)CC1. The molecule has 0 saturated carbocycles. The summed E-state index contributed by atoms with van der Waals surface area (Å²) in [6.07, 6.45) is 5.88. The summed E-state index contributed by atoms with van der Waals surface area (Å²) >= 11 is 5.83. The van der Waals surface area contributed by atoms with E-state index in [2.05, 4.69) is 0 Å². The van der Waals surface area contributed by atoms with Crippen LogP contribution in [0.4, 0.5) is 0 Å². The number of halogens is 1. The number of rotatable bonds is 2. The lowest BCUT2D eigenvalue weighted by atomic mass is 10.1. The molecule has 0 N–H and O–H groups in total. The quantitative estimate of drug-likeness (QED) is 0.378. The van der Waals surface area contributed by atoms with Gasteiger partial charge in [-0.1, -0.05) is 13.0 Å². The molecule has 0 aromatic heterocycles. The zero-order valence-electron chi connectivity index (χ0n) is 7.13. The number of alkyl halides is 1. The van der Waals surface area contributed by atoms with Crippen LogP contribution in [0.1, 0.15) is 26.2 Å². The van der Waals surface area contributed by atoms with Crippen molar-refractivity contribution < 1.29 is 9.53 Å². The summed E-state index contributed by atoms with van der Waals surface area (Å²) < 4.78 is 5.10.